The van der Waals surface area contributed by atoms with Gasteiger partial charge in [-0.05, 0) is 56.6 Å². The number of hydrogen-bond donors (Lipinski definition) is 4. The van der Waals surface area contributed by atoms with Crippen molar-refractivity contribution in [3.8, 4) is 0 Å². The van der Waals surface area contributed by atoms with Gasteiger partial charge in [0.1, 0.15) is 31.7 Å². The SMILES string of the molecule is CCN(CC)CC.CS(=O)(=O)Cl.CS(=O)(=O)N1CC[C@H](N)[C@H](F)C1.CS(=O)(=O)N1CC[C@H](NC(=O)OCc2ccccc2)[C@H](F)C1.O=C(N[C@H]1CCNC[C@H]1F)OCc1ccccc1.[2H]CC. The molecule has 3 fully saturated rings. The van der Waals surface area contributed by atoms with E-state index >= 15 is 0 Å². The molecule has 0 saturated carbocycles. The van der Waals surface area contributed by atoms with E-state index in [-0.39, 0.29) is 45.8 Å². The Morgan fingerprint density at radius 2 is 1.12 bits per heavy atom. The van der Waals surface area contributed by atoms with E-state index in [0.717, 1.165) is 38.5 Å². The molecule has 0 radical (unpaired) electrons. The van der Waals surface area contributed by atoms with E-state index in [1.165, 1.54) is 19.6 Å². The van der Waals surface area contributed by atoms with Gasteiger partial charge >= 0.3 is 12.2 Å². The third kappa shape index (κ3) is 29.5. The first-order valence-corrected chi connectivity index (χ1v) is 27.8. The Labute approximate surface area is 397 Å². The van der Waals surface area contributed by atoms with Crippen LogP contribution in [-0.2, 0) is 51.8 Å². The molecule has 3 aliphatic rings. The topological polar surface area (TPSA) is 227 Å². The van der Waals surface area contributed by atoms with Gasteiger partial charge in [-0.3, -0.25) is 0 Å². The summed E-state index contributed by atoms with van der Waals surface area (Å²) in [4.78, 5) is 25.6. The van der Waals surface area contributed by atoms with Crippen LogP contribution >= 0.6 is 10.7 Å². The van der Waals surface area contributed by atoms with E-state index in [9.17, 15) is 48.0 Å². The van der Waals surface area contributed by atoms with Crippen LogP contribution in [0.1, 0.15) is 66.4 Å². The standard InChI is InChI=1S/C14H19FN2O4S.C13H17FN2O2.C6H13FN2O2S.C6H15N.C2H6.CH3ClO2S/c1-22(19,20)17-8-7-13(12(15)9-17)16-14(18)21-10-11-5-3-2-4-6-11;14-11-8-15-7-6-12(11)16-13(17)18-9-10-4-2-1-3-5-10;1-12(10,11)9-3-2-6(8)5(7)4-9;1-4-7(5-2)6-3;1-2;1-5(2,3)4/h2-6,12-13H,7-10H2,1H3,(H,16,18);1-5,11-12,15H,6-9H2,(H,16,17);5-6H,2-4,8H2,1H3;4-6H2,1-3H3;1-2H3;1H3/t12-,13+;11-,12+;5-,6+;;;/m111.../s1/i;;;;1D;. The van der Waals surface area contributed by atoms with Gasteiger partial charge in [0.15, 0.2) is 0 Å². The third-order valence-corrected chi connectivity index (χ3v) is 12.3. The molecule has 0 unspecified atom stereocenters. The molecular formula is C42H73ClF3N7O10S3. The highest BCUT2D eigenvalue weighted by Gasteiger charge is 2.34. The summed E-state index contributed by atoms with van der Waals surface area (Å²) in [5.74, 6) is 0. The van der Waals surface area contributed by atoms with Gasteiger partial charge in [-0.2, -0.15) is 8.61 Å². The smallest absolute Gasteiger partial charge is 0.407 e. The molecule has 24 heteroatoms. The number of alkyl carbamates (subject to hydrolysis) is 2. The largest absolute Gasteiger partial charge is 0.445 e. The lowest BCUT2D eigenvalue weighted by Crippen LogP contribution is -2.53. The van der Waals surface area contributed by atoms with Gasteiger partial charge in [-0.1, -0.05) is 95.3 Å². The minimum atomic E-state index is -3.41. The molecule has 6 atom stereocenters. The van der Waals surface area contributed by atoms with Crippen LogP contribution in [0.15, 0.2) is 60.7 Å². The minimum absolute atomic E-state index is 0.0972. The maximum atomic E-state index is 14.0. The second-order valence-electron chi connectivity index (χ2n) is 15.0. The van der Waals surface area contributed by atoms with Gasteiger partial charge in [-0.15, -0.1) is 0 Å². The molecule has 0 bridgehead atoms. The van der Waals surface area contributed by atoms with Gasteiger partial charge in [0.05, 0.1) is 30.9 Å². The lowest BCUT2D eigenvalue weighted by Gasteiger charge is -2.33. The zero-order valence-electron chi connectivity index (χ0n) is 40.1. The summed E-state index contributed by atoms with van der Waals surface area (Å²) in [6.45, 7) is 13.9. The maximum absolute atomic E-state index is 14.0. The highest BCUT2D eigenvalue weighted by Crippen LogP contribution is 2.17. The summed E-state index contributed by atoms with van der Waals surface area (Å²) in [6, 6.07) is 16.8. The van der Waals surface area contributed by atoms with Crippen molar-refractivity contribution in [2.75, 3.05) is 77.7 Å². The van der Waals surface area contributed by atoms with E-state index in [4.69, 9.17) is 16.6 Å². The maximum Gasteiger partial charge on any atom is 0.407 e. The normalized spacial score (nSPS) is 22.4. The quantitative estimate of drug-likeness (QED) is 0.223. The monoisotopic (exact) mass is 1020 g/mol. The number of rotatable bonds is 11. The molecule has 3 heterocycles. The second-order valence-corrected chi connectivity index (χ2v) is 22.0. The molecule has 17 nitrogen and oxygen atoms in total. The fraction of sp³-hybridized carbons (Fsp3) is 0.667. The molecular weight excluding hydrogens is 951 g/mol. The van der Waals surface area contributed by atoms with Crippen LogP contribution in [0.25, 0.3) is 0 Å². The molecule has 3 aliphatic heterocycles. The fourth-order valence-corrected chi connectivity index (χ4v) is 7.72. The zero-order valence-corrected chi connectivity index (χ0v) is 42.3. The summed E-state index contributed by atoms with van der Waals surface area (Å²) >= 11 is 0. The molecule has 2 aromatic rings. The number of carbonyl (C=O) groups is 2. The summed E-state index contributed by atoms with van der Waals surface area (Å²) in [6.07, 6.45) is -0.751. The van der Waals surface area contributed by atoms with Crippen LogP contribution in [0.3, 0.4) is 0 Å². The number of nitrogens with zero attached hydrogens (tertiary/aromatic N) is 3. The lowest BCUT2D eigenvalue weighted by atomic mass is 10.1. The first-order valence-electron chi connectivity index (χ1n) is 22.1. The van der Waals surface area contributed by atoms with Crippen LogP contribution < -0.4 is 21.7 Å². The molecule has 0 aromatic heterocycles. The van der Waals surface area contributed by atoms with Crippen LogP contribution in [-0.4, -0.2) is 165 Å². The summed E-state index contributed by atoms with van der Waals surface area (Å²) in [7, 11) is -5.34. The number of piperidine rings is 3. The van der Waals surface area contributed by atoms with E-state index < -0.39 is 77.9 Å². The highest BCUT2D eigenvalue weighted by molar-refractivity contribution is 8.13. The molecule has 0 aliphatic carbocycles. The predicted molar refractivity (Wildman–Crippen MR) is 255 cm³/mol. The Morgan fingerprint density at radius 1 is 0.742 bits per heavy atom. The van der Waals surface area contributed by atoms with Gasteiger partial charge in [0.2, 0.25) is 29.1 Å². The minimum Gasteiger partial charge on any atom is -0.445 e. The van der Waals surface area contributed by atoms with E-state index in [1.54, 1.807) is 6.92 Å². The average molecular weight is 1030 g/mol. The molecule has 5 rings (SSSR count). The average Bonchev–Trinajstić information content (AvgIpc) is 3.26. The molecule has 5 N–H and O–H groups in total. The van der Waals surface area contributed by atoms with Crippen LogP contribution in [0, 0.1) is 0 Å². The lowest BCUT2D eigenvalue weighted by molar-refractivity contribution is 0.111. The number of nitrogens with two attached hydrogens (primary N) is 1. The summed E-state index contributed by atoms with van der Waals surface area (Å²) < 4.78 is 122. The van der Waals surface area contributed by atoms with Crippen LogP contribution in [0.4, 0.5) is 22.8 Å². The number of amides is 2. The molecule has 382 valence electrons. The first-order chi connectivity index (χ1) is 31.3. The number of sulfonamides is 2. The Balaban J connectivity index is 0.000000866. The number of alkyl halides is 3. The third-order valence-electron chi connectivity index (χ3n) is 9.78. The number of nitrogens with one attached hydrogen (secondary N) is 3. The summed E-state index contributed by atoms with van der Waals surface area (Å²) in [5, 5.41) is 7.94. The van der Waals surface area contributed by atoms with E-state index in [2.05, 4.69) is 52.3 Å². The highest BCUT2D eigenvalue weighted by atomic mass is 35.7. The molecule has 2 amide bonds. The fourth-order valence-electron chi connectivity index (χ4n) is 6.02. The van der Waals surface area contributed by atoms with Crippen molar-refractivity contribution < 1.29 is 58.9 Å². The molecule has 2 aromatic carbocycles. The number of hydrogen-bond acceptors (Lipinski definition) is 13. The van der Waals surface area contributed by atoms with Crippen molar-refractivity contribution in [2.45, 2.75) is 104 Å². The Bertz CT molecular complexity index is 1980. The van der Waals surface area contributed by atoms with Crippen molar-refractivity contribution in [1.29, 1.82) is 0 Å². The zero-order chi connectivity index (χ0) is 51.2. The van der Waals surface area contributed by atoms with Crippen molar-refractivity contribution in [3.63, 3.8) is 0 Å². The number of halogens is 4. The van der Waals surface area contributed by atoms with Gasteiger partial charge in [-0.25, -0.2) is 48.0 Å². The Kier molecular flexibility index (Phi) is 30.6. The van der Waals surface area contributed by atoms with E-state index in [1.807, 2.05) is 60.7 Å². The van der Waals surface area contributed by atoms with Crippen LogP contribution in [0.5, 0.6) is 0 Å². The van der Waals surface area contributed by atoms with Gasteiger partial charge in [0.25, 0.3) is 0 Å². The second kappa shape index (κ2) is 33.2. The van der Waals surface area contributed by atoms with E-state index in [0.29, 0.717) is 32.8 Å². The molecule has 66 heavy (non-hydrogen) atoms. The number of benzene rings is 2. The van der Waals surface area contributed by atoms with Crippen LogP contribution in [0.2, 0.25) is 0 Å². The Hall–Kier alpha value is -3.29. The Morgan fingerprint density at radius 3 is 1.45 bits per heavy atom. The number of carbonyl (C=O) groups excluding carboxylic acids is 2. The predicted octanol–water partition coefficient (Wildman–Crippen LogP) is 4.77. The molecule has 0 spiro atoms. The first kappa shape index (κ1) is 60.7. The number of ether oxygens (including phenoxy) is 2. The molecule has 3 saturated heterocycles. The van der Waals surface area contributed by atoms with Gasteiger partial charge < -0.3 is 36.1 Å². The van der Waals surface area contributed by atoms with Gasteiger partial charge in [0, 0.05) is 50.8 Å². The van der Waals surface area contributed by atoms with Crippen molar-refractivity contribution >= 4 is 52.0 Å². The van der Waals surface area contributed by atoms with Crippen molar-refractivity contribution in [1.82, 2.24) is 29.5 Å². The summed E-state index contributed by atoms with van der Waals surface area (Å²) in [5.41, 5.74) is 7.13. The van der Waals surface area contributed by atoms with Crippen molar-refractivity contribution in [3.05, 3.63) is 71.8 Å². The van der Waals surface area contributed by atoms with Crippen molar-refractivity contribution in [2.24, 2.45) is 5.73 Å².